The van der Waals surface area contributed by atoms with Gasteiger partial charge in [-0.1, -0.05) is 12.1 Å². The van der Waals surface area contributed by atoms with E-state index in [0.29, 0.717) is 5.41 Å². The molecular formula is C14H18FN. The molecule has 0 radical (unpaired) electrons. The number of halogens is 1. The van der Waals surface area contributed by atoms with Crippen LogP contribution in [-0.4, -0.2) is 12.6 Å². The fraction of sp³-hybridized carbons (Fsp3) is 0.571. The van der Waals surface area contributed by atoms with Gasteiger partial charge in [0.1, 0.15) is 5.82 Å². The predicted octanol–water partition coefficient (Wildman–Crippen LogP) is 2.90. The fourth-order valence-corrected chi connectivity index (χ4v) is 2.32. The minimum atomic E-state index is -0.108. The molecule has 0 heterocycles. The van der Waals surface area contributed by atoms with Gasteiger partial charge in [-0.15, -0.1) is 0 Å². The van der Waals surface area contributed by atoms with Crippen LogP contribution in [0.4, 0.5) is 4.39 Å². The van der Waals surface area contributed by atoms with Gasteiger partial charge in [0.2, 0.25) is 0 Å². The molecule has 1 N–H and O–H groups in total. The van der Waals surface area contributed by atoms with E-state index < -0.39 is 0 Å². The molecule has 1 aromatic carbocycles. The standard InChI is InChI=1S/C14H18FN/c15-12-3-1-2-11(8-12)9-14(6-7-14)10-16-13-4-5-13/h1-3,8,13,16H,4-7,9-10H2. The molecule has 3 rings (SSSR count). The molecule has 16 heavy (non-hydrogen) atoms. The Morgan fingerprint density at radius 1 is 1.31 bits per heavy atom. The van der Waals surface area contributed by atoms with Crippen LogP contribution in [0.5, 0.6) is 0 Å². The van der Waals surface area contributed by atoms with Gasteiger partial charge in [-0.2, -0.15) is 0 Å². The quantitative estimate of drug-likeness (QED) is 0.803. The van der Waals surface area contributed by atoms with E-state index in [-0.39, 0.29) is 5.82 Å². The van der Waals surface area contributed by atoms with Crippen LogP contribution in [-0.2, 0) is 6.42 Å². The Labute approximate surface area is 96.1 Å². The van der Waals surface area contributed by atoms with Crippen molar-refractivity contribution in [2.45, 2.75) is 38.1 Å². The zero-order valence-corrected chi connectivity index (χ0v) is 9.51. The number of hydrogen-bond donors (Lipinski definition) is 1. The molecule has 86 valence electrons. The molecule has 1 nitrogen and oxygen atoms in total. The average molecular weight is 219 g/mol. The highest BCUT2D eigenvalue weighted by molar-refractivity contribution is 5.20. The molecule has 2 aliphatic carbocycles. The SMILES string of the molecule is Fc1cccc(CC2(CNC3CC3)CC2)c1. The predicted molar refractivity (Wildman–Crippen MR) is 62.8 cm³/mol. The van der Waals surface area contributed by atoms with E-state index in [4.69, 9.17) is 0 Å². The highest BCUT2D eigenvalue weighted by atomic mass is 19.1. The highest BCUT2D eigenvalue weighted by Crippen LogP contribution is 2.48. The first-order valence-electron chi connectivity index (χ1n) is 6.24. The zero-order valence-electron chi connectivity index (χ0n) is 9.51. The van der Waals surface area contributed by atoms with Crippen molar-refractivity contribution in [3.63, 3.8) is 0 Å². The number of hydrogen-bond acceptors (Lipinski definition) is 1. The van der Waals surface area contributed by atoms with Crippen molar-refractivity contribution >= 4 is 0 Å². The maximum Gasteiger partial charge on any atom is 0.123 e. The van der Waals surface area contributed by atoms with Crippen LogP contribution in [0, 0.1) is 11.2 Å². The maximum atomic E-state index is 13.1. The third-order valence-corrected chi connectivity index (χ3v) is 3.77. The van der Waals surface area contributed by atoms with Crippen molar-refractivity contribution in [3.05, 3.63) is 35.6 Å². The first kappa shape index (κ1) is 10.3. The average Bonchev–Trinajstić information content (AvgIpc) is 3.11. The number of nitrogens with one attached hydrogen (secondary N) is 1. The van der Waals surface area contributed by atoms with Gasteiger partial charge >= 0.3 is 0 Å². The van der Waals surface area contributed by atoms with Gasteiger partial charge in [0.25, 0.3) is 0 Å². The topological polar surface area (TPSA) is 12.0 Å². The second-order valence-corrected chi connectivity index (χ2v) is 5.46. The number of rotatable bonds is 5. The van der Waals surface area contributed by atoms with Crippen molar-refractivity contribution in [2.75, 3.05) is 6.54 Å². The molecular weight excluding hydrogens is 201 g/mol. The molecule has 0 unspecified atom stereocenters. The van der Waals surface area contributed by atoms with E-state index in [2.05, 4.69) is 5.32 Å². The summed E-state index contributed by atoms with van der Waals surface area (Å²) in [5.41, 5.74) is 1.59. The summed E-state index contributed by atoms with van der Waals surface area (Å²) in [5.74, 6) is -0.108. The van der Waals surface area contributed by atoms with Crippen LogP contribution in [0.3, 0.4) is 0 Å². The van der Waals surface area contributed by atoms with Gasteiger partial charge in [-0.3, -0.25) is 0 Å². The van der Waals surface area contributed by atoms with Crippen molar-refractivity contribution < 1.29 is 4.39 Å². The molecule has 0 aliphatic heterocycles. The summed E-state index contributed by atoms with van der Waals surface area (Å²) in [7, 11) is 0. The molecule has 1 aromatic rings. The Morgan fingerprint density at radius 3 is 2.75 bits per heavy atom. The van der Waals surface area contributed by atoms with Gasteiger partial charge in [-0.25, -0.2) is 4.39 Å². The monoisotopic (exact) mass is 219 g/mol. The third kappa shape index (κ3) is 2.43. The summed E-state index contributed by atoms with van der Waals surface area (Å²) in [6, 6.07) is 7.84. The summed E-state index contributed by atoms with van der Waals surface area (Å²) in [6.07, 6.45) is 6.31. The summed E-state index contributed by atoms with van der Waals surface area (Å²) >= 11 is 0. The Bertz CT molecular complexity index is 380. The Morgan fingerprint density at radius 2 is 2.12 bits per heavy atom. The lowest BCUT2D eigenvalue weighted by Gasteiger charge is -2.15. The normalized spacial score (nSPS) is 22.1. The van der Waals surface area contributed by atoms with E-state index >= 15 is 0 Å². The Hall–Kier alpha value is -0.890. The minimum absolute atomic E-state index is 0.108. The van der Waals surface area contributed by atoms with Crippen LogP contribution in [0.1, 0.15) is 31.2 Å². The summed E-state index contributed by atoms with van der Waals surface area (Å²) < 4.78 is 13.1. The molecule has 2 saturated carbocycles. The fourth-order valence-electron chi connectivity index (χ4n) is 2.32. The van der Waals surface area contributed by atoms with E-state index in [0.717, 1.165) is 24.6 Å². The molecule has 0 bridgehead atoms. The summed E-state index contributed by atoms with van der Waals surface area (Å²) in [5, 5.41) is 3.60. The minimum Gasteiger partial charge on any atom is -0.313 e. The third-order valence-electron chi connectivity index (χ3n) is 3.77. The second kappa shape index (κ2) is 3.85. The van der Waals surface area contributed by atoms with Crippen LogP contribution in [0.25, 0.3) is 0 Å². The van der Waals surface area contributed by atoms with Gasteiger partial charge in [0.15, 0.2) is 0 Å². The first-order valence-corrected chi connectivity index (χ1v) is 6.24. The van der Waals surface area contributed by atoms with Crippen LogP contribution < -0.4 is 5.32 Å². The lowest BCUT2D eigenvalue weighted by atomic mass is 9.96. The lowest BCUT2D eigenvalue weighted by molar-refractivity contribution is 0.452. The highest BCUT2D eigenvalue weighted by Gasteiger charge is 2.43. The Balaban J connectivity index is 1.60. The summed E-state index contributed by atoms with van der Waals surface area (Å²) in [6.45, 7) is 1.12. The lowest BCUT2D eigenvalue weighted by Crippen LogP contribution is -2.27. The largest absolute Gasteiger partial charge is 0.313 e. The molecule has 2 aliphatic rings. The summed E-state index contributed by atoms with van der Waals surface area (Å²) in [4.78, 5) is 0. The van der Waals surface area contributed by atoms with E-state index in [1.807, 2.05) is 12.1 Å². The Kier molecular flexibility index (Phi) is 2.47. The van der Waals surface area contributed by atoms with Crippen molar-refractivity contribution in [2.24, 2.45) is 5.41 Å². The van der Waals surface area contributed by atoms with E-state index in [9.17, 15) is 4.39 Å². The van der Waals surface area contributed by atoms with Gasteiger partial charge in [0, 0.05) is 12.6 Å². The van der Waals surface area contributed by atoms with Crippen molar-refractivity contribution in [1.82, 2.24) is 5.32 Å². The van der Waals surface area contributed by atoms with Crippen LogP contribution in [0.2, 0.25) is 0 Å². The van der Waals surface area contributed by atoms with Crippen LogP contribution in [0.15, 0.2) is 24.3 Å². The molecule has 2 heteroatoms. The second-order valence-electron chi connectivity index (χ2n) is 5.46. The smallest absolute Gasteiger partial charge is 0.123 e. The molecule has 0 atom stereocenters. The van der Waals surface area contributed by atoms with Crippen LogP contribution >= 0.6 is 0 Å². The molecule has 0 aromatic heterocycles. The molecule has 0 saturated heterocycles. The van der Waals surface area contributed by atoms with Gasteiger partial charge in [0.05, 0.1) is 0 Å². The number of benzene rings is 1. The maximum absolute atomic E-state index is 13.1. The first-order chi connectivity index (χ1) is 7.76. The van der Waals surface area contributed by atoms with Crippen molar-refractivity contribution in [3.8, 4) is 0 Å². The molecule has 2 fully saturated rings. The zero-order chi connectivity index (χ0) is 11.0. The van der Waals surface area contributed by atoms with E-state index in [1.165, 1.54) is 31.7 Å². The van der Waals surface area contributed by atoms with Gasteiger partial charge < -0.3 is 5.32 Å². The molecule has 0 amide bonds. The van der Waals surface area contributed by atoms with E-state index in [1.54, 1.807) is 6.07 Å². The van der Waals surface area contributed by atoms with Crippen molar-refractivity contribution in [1.29, 1.82) is 0 Å². The van der Waals surface area contributed by atoms with Gasteiger partial charge in [-0.05, 0) is 55.2 Å². The molecule has 0 spiro atoms.